The molecule has 0 unspecified atom stereocenters. The first kappa shape index (κ1) is 11.8. The van der Waals surface area contributed by atoms with E-state index in [4.69, 9.17) is 0 Å². The van der Waals surface area contributed by atoms with Crippen molar-refractivity contribution >= 4 is 27.7 Å². The molecule has 0 N–H and O–H groups in total. The molecule has 0 radical (unpaired) electrons. The second-order valence-electron chi connectivity index (χ2n) is 2.57. The van der Waals surface area contributed by atoms with Crippen LogP contribution in [0.15, 0.2) is 16.6 Å². The van der Waals surface area contributed by atoms with Gasteiger partial charge in [-0.25, -0.2) is 13.6 Å². The summed E-state index contributed by atoms with van der Waals surface area (Å²) in [4.78, 5) is 22.0. The first-order chi connectivity index (χ1) is 6.97. The van der Waals surface area contributed by atoms with Gasteiger partial charge >= 0.3 is 5.97 Å². The summed E-state index contributed by atoms with van der Waals surface area (Å²) in [6, 6.07) is 1.41. The van der Waals surface area contributed by atoms with Crippen molar-refractivity contribution in [2.45, 2.75) is 0 Å². The molecule has 6 heteroatoms. The molecule has 0 fully saturated rings. The summed E-state index contributed by atoms with van der Waals surface area (Å²) in [5, 5.41) is 0. The van der Waals surface area contributed by atoms with Gasteiger partial charge in [-0.15, -0.1) is 0 Å². The highest BCUT2D eigenvalue weighted by atomic mass is 79.9. The van der Waals surface area contributed by atoms with Crippen LogP contribution in [-0.2, 0) is 9.53 Å². The van der Waals surface area contributed by atoms with Gasteiger partial charge in [0.15, 0.2) is 0 Å². The number of ketones is 1. The Morgan fingerprint density at radius 3 is 2.40 bits per heavy atom. The van der Waals surface area contributed by atoms with E-state index in [9.17, 15) is 18.4 Å². The van der Waals surface area contributed by atoms with Crippen LogP contribution in [0.25, 0.3) is 0 Å². The Morgan fingerprint density at radius 2 is 1.87 bits per heavy atom. The Kier molecular flexibility index (Phi) is 3.52. The summed E-state index contributed by atoms with van der Waals surface area (Å²) in [6.45, 7) is 0. The maximum absolute atomic E-state index is 13.1. The number of hydrogen-bond donors (Lipinski definition) is 0. The van der Waals surface area contributed by atoms with Crippen LogP contribution < -0.4 is 0 Å². The van der Waals surface area contributed by atoms with Crippen LogP contribution in [0.1, 0.15) is 10.4 Å². The summed E-state index contributed by atoms with van der Waals surface area (Å²) in [6.07, 6.45) is 0. The van der Waals surface area contributed by atoms with Gasteiger partial charge in [0.1, 0.15) is 11.6 Å². The second-order valence-corrected chi connectivity index (χ2v) is 3.42. The van der Waals surface area contributed by atoms with Gasteiger partial charge < -0.3 is 4.74 Å². The third-order valence-corrected chi connectivity index (χ3v) is 2.23. The van der Waals surface area contributed by atoms with Crippen LogP contribution in [0.5, 0.6) is 0 Å². The fourth-order valence-corrected chi connectivity index (χ4v) is 1.24. The van der Waals surface area contributed by atoms with E-state index in [0.29, 0.717) is 6.07 Å². The Labute approximate surface area is 92.2 Å². The third kappa shape index (κ3) is 2.38. The molecule has 0 spiro atoms. The van der Waals surface area contributed by atoms with Crippen molar-refractivity contribution in [1.29, 1.82) is 0 Å². The Balaban J connectivity index is 3.21. The number of halogens is 3. The lowest BCUT2D eigenvalue weighted by Crippen LogP contribution is -2.17. The number of carbonyl (C=O) groups is 2. The van der Waals surface area contributed by atoms with Crippen LogP contribution in [0, 0.1) is 11.6 Å². The molecule has 0 heterocycles. The number of Topliss-reactive ketones (excluding diaryl/α,β-unsaturated/α-hetero) is 1. The number of esters is 1. The van der Waals surface area contributed by atoms with Crippen LogP contribution in [-0.4, -0.2) is 18.9 Å². The highest BCUT2D eigenvalue weighted by Gasteiger charge is 2.22. The lowest BCUT2D eigenvalue weighted by molar-refractivity contribution is -0.135. The van der Waals surface area contributed by atoms with Crippen LogP contribution in [0.2, 0.25) is 0 Å². The molecule has 80 valence electrons. The average Bonchev–Trinajstić information content (AvgIpc) is 2.21. The first-order valence-electron chi connectivity index (χ1n) is 3.74. The zero-order valence-corrected chi connectivity index (χ0v) is 9.10. The van der Waals surface area contributed by atoms with Gasteiger partial charge in [-0.2, -0.15) is 0 Å². The van der Waals surface area contributed by atoms with Crippen molar-refractivity contribution in [2.75, 3.05) is 7.11 Å². The Morgan fingerprint density at radius 1 is 1.27 bits per heavy atom. The lowest BCUT2D eigenvalue weighted by Gasteiger charge is -2.02. The molecule has 0 aliphatic rings. The van der Waals surface area contributed by atoms with Crippen LogP contribution in [0.4, 0.5) is 8.78 Å². The molecule has 1 aromatic carbocycles. The van der Waals surface area contributed by atoms with E-state index in [1.54, 1.807) is 0 Å². The van der Waals surface area contributed by atoms with Gasteiger partial charge in [0.25, 0.3) is 5.78 Å². The van der Waals surface area contributed by atoms with Crippen molar-refractivity contribution in [1.82, 2.24) is 0 Å². The number of benzene rings is 1. The molecular formula is C9H5BrF2O3. The SMILES string of the molecule is COC(=O)C(=O)c1cc(Br)c(F)cc1F. The molecule has 0 atom stereocenters. The van der Waals surface area contributed by atoms with Crippen LogP contribution >= 0.6 is 15.9 Å². The van der Waals surface area contributed by atoms with E-state index >= 15 is 0 Å². The van der Waals surface area contributed by atoms with Crippen molar-refractivity contribution in [3.63, 3.8) is 0 Å². The summed E-state index contributed by atoms with van der Waals surface area (Å²) in [5.41, 5.74) is -0.532. The molecule has 1 rings (SSSR count). The number of hydrogen-bond acceptors (Lipinski definition) is 3. The van der Waals surface area contributed by atoms with Crippen molar-refractivity contribution < 1.29 is 23.1 Å². The topological polar surface area (TPSA) is 43.4 Å². The minimum atomic E-state index is -1.20. The number of methoxy groups -OCH3 is 1. The van der Waals surface area contributed by atoms with Crippen molar-refractivity contribution in [3.8, 4) is 0 Å². The fraction of sp³-hybridized carbons (Fsp3) is 0.111. The summed E-state index contributed by atoms with van der Waals surface area (Å²) < 4.78 is 29.9. The molecule has 3 nitrogen and oxygen atoms in total. The van der Waals surface area contributed by atoms with E-state index in [-0.39, 0.29) is 4.47 Å². The van der Waals surface area contributed by atoms with Gasteiger partial charge in [0.2, 0.25) is 0 Å². The molecular weight excluding hydrogens is 274 g/mol. The third-order valence-electron chi connectivity index (χ3n) is 1.63. The van der Waals surface area contributed by atoms with E-state index in [1.807, 2.05) is 0 Å². The molecule has 0 aliphatic carbocycles. The summed E-state index contributed by atoms with van der Waals surface area (Å²) in [7, 11) is 0.997. The number of rotatable bonds is 2. The highest BCUT2D eigenvalue weighted by molar-refractivity contribution is 9.10. The monoisotopic (exact) mass is 278 g/mol. The average molecular weight is 279 g/mol. The van der Waals surface area contributed by atoms with E-state index in [1.165, 1.54) is 0 Å². The van der Waals surface area contributed by atoms with Gasteiger partial charge in [-0.05, 0) is 22.0 Å². The van der Waals surface area contributed by atoms with Gasteiger partial charge in [0, 0.05) is 6.07 Å². The second kappa shape index (κ2) is 4.48. The minimum absolute atomic E-state index is 0.101. The lowest BCUT2D eigenvalue weighted by atomic mass is 10.1. The summed E-state index contributed by atoms with van der Waals surface area (Å²) >= 11 is 2.77. The summed E-state index contributed by atoms with van der Waals surface area (Å²) in [5.74, 6) is -4.32. The highest BCUT2D eigenvalue weighted by Crippen LogP contribution is 2.20. The fourth-order valence-electron chi connectivity index (χ4n) is 0.899. The molecule has 0 amide bonds. The van der Waals surface area contributed by atoms with E-state index in [0.717, 1.165) is 13.2 Å². The largest absolute Gasteiger partial charge is 0.463 e. The van der Waals surface area contributed by atoms with E-state index in [2.05, 4.69) is 20.7 Å². The molecule has 0 saturated heterocycles. The van der Waals surface area contributed by atoms with Crippen molar-refractivity contribution in [3.05, 3.63) is 33.8 Å². The zero-order chi connectivity index (χ0) is 11.6. The number of carbonyl (C=O) groups excluding carboxylic acids is 2. The van der Waals surface area contributed by atoms with E-state index < -0.39 is 29.0 Å². The van der Waals surface area contributed by atoms with Crippen LogP contribution in [0.3, 0.4) is 0 Å². The van der Waals surface area contributed by atoms with Gasteiger partial charge in [-0.3, -0.25) is 4.79 Å². The molecule has 1 aromatic rings. The van der Waals surface area contributed by atoms with Gasteiger partial charge in [-0.1, -0.05) is 0 Å². The Hall–Kier alpha value is -1.30. The maximum Gasteiger partial charge on any atom is 0.379 e. The normalized spacial score (nSPS) is 9.87. The molecule has 15 heavy (non-hydrogen) atoms. The molecule has 0 aromatic heterocycles. The van der Waals surface area contributed by atoms with Crippen molar-refractivity contribution in [2.24, 2.45) is 0 Å². The Bertz CT molecular complexity index is 432. The zero-order valence-electron chi connectivity index (χ0n) is 7.51. The quantitative estimate of drug-likeness (QED) is 0.360. The minimum Gasteiger partial charge on any atom is -0.463 e. The standard InChI is InChI=1S/C9H5BrF2O3/c1-15-9(14)8(13)4-2-5(10)7(12)3-6(4)11/h2-3H,1H3. The predicted octanol–water partition coefficient (Wildman–Crippen LogP) is 2.08. The van der Waals surface area contributed by atoms with Gasteiger partial charge in [0.05, 0.1) is 17.1 Å². The maximum atomic E-state index is 13.1. The molecule has 0 saturated carbocycles. The molecule has 0 bridgehead atoms. The molecule has 0 aliphatic heterocycles. The number of ether oxygens (including phenoxy) is 1. The smallest absolute Gasteiger partial charge is 0.379 e. The predicted molar refractivity (Wildman–Crippen MR) is 50.4 cm³/mol. The first-order valence-corrected chi connectivity index (χ1v) is 4.54.